The predicted octanol–water partition coefficient (Wildman–Crippen LogP) is 5.57. The van der Waals surface area contributed by atoms with Gasteiger partial charge < -0.3 is 0 Å². The minimum atomic E-state index is -4.67. The van der Waals surface area contributed by atoms with E-state index >= 15 is 0 Å². The molecular weight excluding hydrogens is 533 g/mol. The van der Waals surface area contributed by atoms with Gasteiger partial charge in [0.25, 0.3) is 15.9 Å². The molecule has 3 rings (SSSR count). The van der Waals surface area contributed by atoms with Crippen molar-refractivity contribution in [2.75, 3.05) is 22.4 Å². The van der Waals surface area contributed by atoms with Crippen LogP contribution in [-0.2, 0) is 16.2 Å². The number of halogens is 4. The van der Waals surface area contributed by atoms with Crippen LogP contribution in [0.15, 0.2) is 65.2 Å². The number of alkyl halides is 3. The fraction of sp³-hybridized carbons (Fsp3) is 0.150. The molecular formula is C20H16ClF3N4O3S3. The van der Waals surface area contributed by atoms with Gasteiger partial charge in [-0.15, -0.1) is 6.58 Å². The van der Waals surface area contributed by atoms with Crippen LogP contribution in [0.2, 0.25) is 5.02 Å². The van der Waals surface area contributed by atoms with Gasteiger partial charge in [-0.2, -0.15) is 22.5 Å². The first-order valence-electron chi connectivity index (χ1n) is 9.27. The van der Waals surface area contributed by atoms with Crippen molar-refractivity contribution < 1.29 is 26.4 Å². The molecule has 2 aromatic carbocycles. The van der Waals surface area contributed by atoms with Gasteiger partial charge in [0.15, 0.2) is 0 Å². The summed E-state index contributed by atoms with van der Waals surface area (Å²) >= 11 is 8.37. The number of thioether (sulfide) groups is 1. The van der Waals surface area contributed by atoms with Gasteiger partial charge in [0.2, 0.25) is 10.3 Å². The Morgan fingerprint density at radius 3 is 2.65 bits per heavy atom. The van der Waals surface area contributed by atoms with Gasteiger partial charge in [0, 0.05) is 17.1 Å². The third kappa shape index (κ3) is 5.71. The molecule has 34 heavy (non-hydrogen) atoms. The molecule has 1 N–H and O–H groups in total. The molecule has 1 amide bonds. The fourth-order valence-electron chi connectivity index (χ4n) is 2.77. The van der Waals surface area contributed by atoms with Crippen LogP contribution in [-0.4, -0.2) is 36.5 Å². The molecule has 0 bridgehead atoms. The van der Waals surface area contributed by atoms with Crippen molar-refractivity contribution in [2.24, 2.45) is 0 Å². The third-order valence-electron chi connectivity index (χ3n) is 4.33. The minimum absolute atomic E-state index is 0.0496. The van der Waals surface area contributed by atoms with Gasteiger partial charge in [-0.25, -0.2) is 8.42 Å². The summed E-state index contributed by atoms with van der Waals surface area (Å²) in [5, 5.41) is 2.98. The Hall–Kier alpha value is -2.61. The molecule has 0 saturated heterocycles. The number of sulfonamides is 1. The summed E-state index contributed by atoms with van der Waals surface area (Å²) in [6.45, 7) is 3.15. The molecule has 0 unspecified atom stereocenters. The highest BCUT2D eigenvalue weighted by Crippen LogP contribution is 2.34. The van der Waals surface area contributed by atoms with Crippen LogP contribution in [0.3, 0.4) is 0 Å². The highest BCUT2D eigenvalue weighted by molar-refractivity contribution is 7.98. The van der Waals surface area contributed by atoms with Crippen LogP contribution in [0.4, 0.5) is 24.0 Å². The SMILES string of the molecule is C=CCN(c1cccc(C(F)(F)F)c1)S(=O)(=O)c1cc(C(=O)Nc2nc(SC)ns2)ccc1Cl. The standard InChI is InChI=1S/C20H16ClF3N4O3S3/c1-3-9-28(14-6-4-5-13(11-14)20(22,23)24)34(30,31)16-10-12(7-8-15(16)21)17(29)25-18-26-19(32-2)27-33-18/h3-8,10-11H,1,9H2,2H3,(H,25,26,27,29). The molecule has 7 nitrogen and oxygen atoms in total. The first-order valence-corrected chi connectivity index (χ1v) is 13.1. The molecule has 0 aliphatic rings. The van der Waals surface area contributed by atoms with Crippen LogP contribution in [0.25, 0.3) is 0 Å². The number of benzene rings is 2. The second-order valence-electron chi connectivity index (χ2n) is 6.56. The predicted molar refractivity (Wildman–Crippen MR) is 127 cm³/mol. The van der Waals surface area contributed by atoms with Crippen LogP contribution in [0.1, 0.15) is 15.9 Å². The summed E-state index contributed by atoms with van der Waals surface area (Å²) in [5.74, 6) is -0.661. The van der Waals surface area contributed by atoms with Gasteiger partial charge in [0.1, 0.15) is 4.90 Å². The average molecular weight is 549 g/mol. The van der Waals surface area contributed by atoms with E-state index in [9.17, 15) is 26.4 Å². The topological polar surface area (TPSA) is 92.3 Å². The van der Waals surface area contributed by atoms with E-state index in [0.717, 1.165) is 34.0 Å². The summed E-state index contributed by atoms with van der Waals surface area (Å²) in [4.78, 5) is 16.3. The summed E-state index contributed by atoms with van der Waals surface area (Å²) in [7, 11) is -4.48. The molecule has 180 valence electrons. The maximum absolute atomic E-state index is 13.4. The molecule has 0 aliphatic heterocycles. The Bertz CT molecular complexity index is 1330. The van der Waals surface area contributed by atoms with Crippen molar-refractivity contribution in [1.82, 2.24) is 9.36 Å². The first kappa shape index (κ1) is 26.0. The highest BCUT2D eigenvalue weighted by atomic mass is 35.5. The lowest BCUT2D eigenvalue weighted by molar-refractivity contribution is -0.137. The Balaban J connectivity index is 2.00. The largest absolute Gasteiger partial charge is 0.416 e. The molecule has 0 radical (unpaired) electrons. The molecule has 14 heteroatoms. The van der Waals surface area contributed by atoms with Gasteiger partial charge in [-0.05, 0) is 42.7 Å². The normalized spacial score (nSPS) is 11.8. The summed E-state index contributed by atoms with van der Waals surface area (Å²) in [6.07, 6.45) is -1.68. The van der Waals surface area contributed by atoms with E-state index in [1.807, 2.05) is 0 Å². The number of carbonyl (C=O) groups excluding carboxylic acids is 1. The molecule has 0 atom stereocenters. The zero-order chi connectivity index (χ0) is 25.1. The molecule has 1 heterocycles. The smallest absolute Gasteiger partial charge is 0.297 e. The van der Waals surface area contributed by atoms with Gasteiger partial charge in [-0.3, -0.25) is 14.4 Å². The second kappa shape index (κ2) is 10.3. The van der Waals surface area contributed by atoms with Crippen molar-refractivity contribution in [3.8, 4) is 0 Å². The number of hydrogen-bond donors (Lipinski definition) is 1. The molecule has 1 aromatic heterocycles. The van der Waals surface area contributed by atoms with Crippen LogP contribution in [0.5, 0.6) is 0 Å². The van der Waals surface area contributed by atoms with E-state index in [-0.39, 0.29) is 27.9 Å². The molecule has 0 fully saturated rings. The zero-order valence-electron chi connectivity index (χ0n) is 17.3. The number of aromatic nitrogens is 2. The van der Waals surface area contributed by atoms with Gasteiger partial charge >= 0.3 is 6.18 Å². The fourth-order valence-corrected chi connectivity index (χ4v) is 5.82. The lowest BCUT2D eigenvalue weighted by atomic mass is 10.2. The van der Waals surface area contributed by atoms with Crippen molar-refractivity contribution in [1.29, 1.82) is 0 Å². The van der Waals surface area contributed by atoms with E-state index in [2.05, 4.69) is 21.3 Å². The van der Waals surface area contributed by atoms with Gasteiger partial charge in [-0.1, -0.05) is 35.5 Å². The van der Waals surface area contributed by atoms with E-state index in [1.54, 1.807) is 6.26 Å². The molecule has 0 spiro atoms. The van der Waals surface area contributed by atoms with Crippen molar-refractivity contribution in [3.63, 3.8) is 0 Å². The van der Waals surface area contributed by atoms with Crippen LogP contribution < -0.4 is 9.62 Å². The van der Waals surface area contributed by atoms with E-state index < -0.39 is 32.6 Å². The number of rotatable bonds is 8. The molecule has 0 saturated carbocycles. The maximum atomic E-state index is 13.4. The minimum Gasteiger partial charge on any atom is -0.297 e. The second-order valence-corrected chi connectivity index (χ2v) is 10.3. The number of nitrogens with one attached hydrogen (secondary N) is 1. The number of anilines is 2. The van der Waals surface area contributed by atoms with Crippen LogP contribution in [0, 0.1) is 0 Å². The highest BCUT2D eigenvalue weighted by Gasteiger charge is 2.33. The summed E-state index contributed by atoms with van der Waals surface area (Å²) in [6, 6.07) is 7.44. The lowest BCUT2D eigenvalue weighted by Gasteiger charge is -2.24. The summed E-state index contributed by atoms with van der Waals surface area (Å²) < 4.78 is 71.2. The summed E-state index contributed by atoms with van der Waals surface area (Å²) in [5.41, 5.74) is -1.30. The number of nitrogens with zero attached hydrogens (tertiary/aromatic N) is 3. The third-order valence-corrected chi connectivity index (χ3v) is 7.90. The zero-order valence-corrected chi connectivity index (χ0v) is 20.5. The lowest BCUT2D eigenvalue weighted by Crippen LogP contribution is -2.32. The molecule has 3 aromatic rings. The quantitative estimate of drug-likeness (QED) is 0.292. The Labute approximate surface area is 206 Å². The van der Waals surface area contributed by atoms with Crippen LogP contribution >= 0.6 is 34.9 Å². The van der Waals surface area contributed by atoms with Gasteiger partial charge in [0.05, 0.1) is 22.8 Å². The van der Waals surface area contributed by atoms with E-state index in [0.29, 0.717) is 11.2 Å². The van der Waals surface area contributed by atoms with Crippen molar-refractivity contribution >= 4 is 61.6 Å². The Morgan fingerprint density at radius 2 is 2.03 bits per heavy atom. The monoisotopic (exact) mass is 548 g/mol. The van der Waals surface area contributed by atoms with Crippen molar-refractivity contribution in [3.05, 3.63) is 71.3 Å². The number of amides is 1. The Morgan fingerprint density at radius 1 is 1.29 bits per heavy atom. The van der Waals surface area contributed by atoms with Crippen molar-refractivity contribution in [2.45, 2.75) is 16.2 Å². The first-order chi connectivity index (χ1) is 16.0. The van der Waals surface area contributed by atoms with E-state index in [1.165, 1.54) is 36.0 Å². The Kier molecular flexibility index (Phi) is 7.91. The maximum Gasteiger partial charge on any atom is 0.416 e. The van der Waals surface area contributed by atoms with E-state index in [4.69, 9.17) is 11.6 Å². The number of carbonyl (C=O) groups is 1. The average Bonchev–Trinajstić information content (AvgIpc) is 3.24. The number of hydrogen-bond acceptors (Lipinski definition) is 7. The molecule has 0 aliphatic carbocycles.